The Kier molecular flexibility index (Phi) is 3.91. The maximum absolute atomic E-state index is 12.3. The van der Waals surface area contributed by atoms with Crippen LogP contribution in [0.3, 0.4) is 0 Å². The van der Waals surface area contributed by atoms with E-state index in [1.54, 1.807) is 24.5 Å². The highest BCUT2D eigenvalue weighted by Crippen LogP contribution is 2.31. The smallest absolute Gasteiger partial charge is 0.376 e. The number of nitrogens with zero attached hydrogens (tertiary/aromatic N) is 1. The summed E-state index contributed by atoms with van der Waals surface area (Å²) in [6.45, 7) is 1.46. The van der Waals surface area contributed by atoms with Crippen LogP contribution in [0.4, 0.5) is 13.2 Å². The summed E-state index contributed by atoms with van der Waals surface area (Å²) in [7, 11) is -5.66. The van der Waals surface area contributed by atoms with E-state index in [1.807, 2.05) is 0 Å². The van der Waals surface area contributed by atoms with E-state index < -0.39 is 15.6 Å². The second-order valence-electron chi connectivity index (χ2n) is 4.20. The van der Waals surface area contributed by atoms with Crippen molar-refractivity contribution in [1.29, 1.82) is 0 Å². The summed E-state index contributed by atoms with van der Waals surface area (Å²) in [5.41, 5.74) is -3.66. The minimum absolute atomic E-state index is 0.275. The predicted octanol–water partition coefficient (Wildman–Crippen LogP) is 3.29. The molecule has 2 aromatic rings. The van der Waals surface area contributed by atoms with Crippen molar-refractivity contribution in [3.8, 4) is 16.9 Å². The molecule has 0 aliphatic rings. The molecule has 1 aromatic heterocycles. The van der Waals surface area contributed by atoms with Gasteiger partial charge in [-0.05, 0) is 47.9 Å². The number of hydrogen-bond donors (Lipinski definition) is 0. The van der Waals surface area contributed by atoms with Gasteiger partial charge < -0.3 is 4.18 Å². The average Bonchev–Trinajstić information content (AvgIpc) is 2.40. The van der Waals surface area contributed by atoms with Crippen molar-refractivity contribution >= 4 is 10.1 Å². The van der Waals surface area contributed by atoms with Gasteiger partial charge in [0, 0.05) is 12.4 Å². The third-order valence-electron chi connectivity index (χ3n) is 2.67. The first-order valence-electron chi connectivity index (χ1n) is 5.72. The molecule has 8 heteroatoms. The van der Waals surface area contributed by atoms with Crippen molar-refractivity contribution in [3.63, 3.8) is 0 Å². The van der Waals surface area contributed by atoms with Crippen LogP contribution in [0.2, 0.25) is 0 Å². The van der Waals surface area contributed by atoms with Gasteiger partial charge in [0.05, 0.1) is 0 Å². The topological polar surface area (TPSA) is 56.3 Å². The summed E-state index contributed by atoms with van der Waals surface area (Å²) in [6.07, 6.45) is 3.15. The molecular formula is C13H10F3NO3S. The first kappa shape index (κ1) is 15.3. The molecular weight excluding hydrogens is 307 g/mol. The maximum atomic E-state index is 12.3. The number of hydrogen-bond acceptors (Lipinski definition) is 4. The maximum Gasteiger partial charge on any atom is 0.534 e. The van der Waals surface area contributed by atoms with Gasteiger partial charge in [-0.15, -0.1) is 0 Å². The molecule has 112 valence electrons. The molecule has 2 rings (SSSR count). The second kappa shape index (κ2) is 5.36. The Balaban J connectivity index is 2.34. The molecule has 0 bridgehead atoms. The largest absolute Gasteiger partial charge is 0.534 e. The molecule has 0 saturated carbocycles. The van der Waals surface area contributed by atoms with Crippen LogP contribution in [-0.4, -0.2) is 18.9 Å². The van der Waals surface area contributed by atoms with Crippen LogP contribution in [0, 0.1) is 6.92 Å². The molecule has 0 saturated heterocycles. The van der Waals surface area contributed by atoms with E-state index in [4.69, 9.17) is 0 Å². The summed E-state index contributed by atoms with van der Waals surface area (Å²) in [4.78, 5) is 3.86. The number of aromatic nitrogens is 1. The molecule has 0 fully saturated rings. The highest BCUT2D eigenvalue weighted by atomic mass is 32.2. The molecule has 4 nitrogen and oxygen atoms in total. The van der Waals surface area contributed by atoms with Crippen LogP contribution in [0.1, 0.15) is 5.56 Å². The standard InChI is InChI=1S/C13H10F3NO3S/c1-9-8-11(10-4-6-17-7-5-10)2-3-12(9)20-21(18,19)13(14,15)16/h2-8H,1H3. The highest BCUT2D eigenvalue weighted by Gasteiger charge is 2.48. The van der Waals surface area contributed by atoms with Gasteiger partial charge in [0.1, 0.15) is 5.75 Å². The summed E-state index contributed by atoms with van der Waals surface area (Å²) in [5, 5.41) is 0. The van der Waals surface area contributed by atoms with Gasteiger partial charge >= 0.3 is 15.6 Å². The van der Waals surface area contributed by atoms with Crippen molar-refractivity contribution in [2.75, 3.05) is 0 Å². The molecule has 0 unspecified atom stereocenters. The zero-order chi connectivity index (χ0) is 15.7. The van der Waals surface area contributed by atoms with Crippen molar-refractivity contribution in [2.24, 2.45) is 0 Å². The molecule has 0 N–H and O–H groups in total. The molecule has 0 aliphatic carbocycles. The van der Waals surface area contributed by atoms with Gasteiger partial charge in [-0.25, -0.2) is 0 Å². The van der Waals surface area contributed by atoms with E-state index in [0.29, 0.717) is 5.56 Å². The quantitative estimate of drug-likeness (QED) is 0.644. The first-order valence-corrected chi connectivity index (χ1v) is 7.13. The number of aryl methyl sites for hydroxylation is 1. The third-order valence-corrected chi connectivity index (χ3v) is 3.64. The normalized spacial score (nSPS) is 12.2. The lowest BCUT2D eigenvalue weighted by Gasteiger charge is -2.12. The van der Waals surface area contributed by atoms with E-state index in [1.165, 1.54) is 25.1 Å². The fourth-order valence-electron chi connectivity index (χ4n) is 1.63. The SMILES string of the molecule is Cc1cc(-c2ccncc2)ccc1OS(=O)(=O)C(F)(F)F. The van der Waals surface area contributed by atoms with Crippen molar-refractivity contribution < 1.29 is 25.8 Å². The van der Waals surface area contributed by atoms with E-state index in [-0.39, 0.29) is 11.3 Å². The Morgan fingerprint density at radius 1 is 1.05 bits per heavy atom. The van der Waals surface area contributed by atoms with Crippen LogP contribution >= 0.6 is 0 Å². The molecule has 0 atom stereocenters. The lowest BCUT2D eigenvalue weighted by atomic mass is 10.0. The van der Waals surface area contributed by atoms with Crippen molar-refractivity contribution in [2.45, 2.75) is 12.4 Å². The highest BCUT2D eigenvalue weighted by molar-refractivity contribution is 7.88. The van der Waals surface area contributed by atoms with Gasteiger partial charge in [0.2, 0.25) is 0 Å². The number of pyridine rings is 1. The fourth-order valence-corrected chi connectivity index (χ4v) is 2.15. The molecule has 1 heterocycles. The fraction of sp³-hybridized carbons (Fsp3) is 0.154. The molecule has 0 radical (unpaired) electrons. The van der Waals surface area contributed by atoms with Crippen LogP contribution in [-0.2, 0) is 10.1 Å². The summed E-state index contributed by atoms with van der Waals surface area (Å²) in [5.74, 6) is -0.356. The lowest BCUT2D eigenvalue weighted by molar-refractivity contribution is -0.0500. The molecule has 0 aliphatic heterocycles. The lowest BCUT2D eigenvalue weighted by Crippen LogP contribution is -2.28. The number of halogens is 3. The number of alkyl halides is 3. The van der Waals surface area contributed by atoms with Gasteiger partial charge in [0.15, 0.2) is 0 Å². The van der Waals surface area contributed by atoms with E-state index in [2.05, 4.69) is 9.17 Å². The van der Waals surface area contributed by atoms with Gasteiger partial charge in [-0.1, -0.05) is 6.07 Å². The molecule has 21 heavy (non-hydrogen) atoms. The Hall–Kier alpha value is -2.09. The minimum Gasteiger partial charge on any atom is -0.376 e. The van der Waals surface area contributed by atoms with E-state index >= 15 is 0 Å². The van der Waals surface area contributed by atoms with Crippen LogP contribution in [0.25, 0.3) is 11.1 Å². The summed E-state index contributed by atoms with van der Waals surface area (Å²) >= 11 is 0. The molecule has 0 spiro atoms. The Morgan fingerprint density at radius 3 is 2.19 bits per heavy atom. The molecule has 1 aromatic carbocycles. The zero-order valence-corrected chi connectivity index (χ0v) is 11.6. The average molecular weight is 317 g/mol. The van der Waals surface area contributed by atoms with Crippen LogP contribution in [0.15, 0.2) is 42.7 Å². The van der Waals surface area contributed by atoms with Gasteiger partial charge in [-0.2, -0.15) is 21.6 Å². The second-order valence-corrected chi connectivity index (χ2v) is 5.74. The van der Waals surface area contributed by atoms with Crippen LogP contribution < -0.4 is 4.18 Å². The van der Waals surface area contributed by atoms with Crippen LogP contribution in [0.5, 0.6) is 5.75 Å². The molecule has 0 amide bonds. The van der Waals surface area contributed by atoms with Crippen molar-refractivity contribution in [3.05, 3.63) is 48.3 Å². The summed E-state index contributed by atoms with van der Waals surface area (Å²) < 4.78 is 62.9. The van der Waals surface area contributed by atoms with E-state index in [0.717, 1.165) is 5.56 Å². The van der Waals surface area contributed by atoms with Gasteiger partial charge in [-0.3, -0.25) is 4.98 Å². The van der Waals surface area contributed by atoms with E-state index in [9.17, 15) is 21.6 Å². The number of rotatable bonds is 3. The first-order chi connectivity index (χ1) is 9.71. The Labute approximate surface area is 119 Å². The van der Waals surface area contributed by atoms with Crippen molar-refractivity contribution in [1.82, 2.24) is 4.98 Å². The Morgan fingerprint density at radius 2 is 1.67 bits per heavy atom. The predicted molar refractivity (Wildman–Crippen MR) is 70.0 cm³/mol. The zero-order valence-electron chi connectivity index (χ0n) is 10.8. The minimum atomic E-state index is -5.66. The number of benzene rings is 1. The van der Waals surface area contributed by atoms with Gasteiger partial charge in [0.25, 0.3) is 0 Å². The monoisotopic (exact) mass is 317 g/mol. The Bertz CT molecular complexity index is 743. The summed E-state index contributed by atoms with van der Waals surface area (Å²) in [6, 6.07) is 7.65. The third kappa shape index (κ3) is 3.33.